The Labute approximate surface area is 96.9 Å². The molecule has 57 valence electrons. The van der Waals surface area contributed by atoms with Gasteiger partial charge < -0.3 is 10.8 Å². The Kier molecular flexibility index (Phi) is 8.85. The van der Waals surface area contributed by atoms with E-state index in [1.54, 1.807) is 0 Å². The molecule has 3 nitrogen and oxygen atoms in total. The predicted molar refractivity (Wildman–Crippen MR) is 35.2 cm³/mol. The quantitative estimate of drug-likeness (QED) is 0.833. The van der Waals surface area contributed by atoms with Crippen LogP contribution in [0.2, 0.25) is 0 Å². The zero-order chi connectivity index (χ0) is 7.44. The van der Waals surface area contributed by atoms with Crippen LogP contribution in [0, 0.1) is 50.0 Å². The van der Waals surface area contributed by atoms with E-state index in [1.165, 1.54) is 0 Å². The zero-order valence-electron chi connectivity index (χ0n) is 6.29. The van der Waals surface area contributed by atoms with Crippen molar-refractivity contribution in [2.45, 2.75) is 26.3 Å². The molecule has 1 unspecified atom stereocenters. The average Bonchev–Trinajstić information content (AvgIpc) is 1.63. The molecule has 1 radical (unpaired) electrons. The summed E-state index contributed by atoms with van der Waals surface area (Å²) in [5.41, 5.74) is 6.96. The molecule has 0 saturated carbocycles. The minimum atomic E-state index is -1.02. The van der Waals surface area contributed by atoms with Crippen molar-refractivity contribution in [3.05, 3.63) is 5.73 Å². The van der Waals surface area contributed by atoms with Gasteiger partial charge in [-0.3, -0.25) is 4.79 Å². The van der Waals surface area contributed by atoms with Gasteiger partial charge in [0.15, 0.2) is 0 Å². The van der Waals surface area contributed by atoms with E-state index in [-0.39, 0.29) is 44.1 Å². The number of carboxylic acid groups (broad SMARTS) is 1. The first-order valence-electron chi connectivity index (χ1n) is 2.98. The Balaban J connectivity index is 0. The van der Waals surface area contributed by atoms with Gasteiger partial charge in [0, 0.05) is 44.1 Å². The minimum Gasteiger partial charge on any atom is -0.665 e. The molecule has 1 atom stereocenters. The first kappa shape index (κ1) is 13.5. The molecule has 0 aromatic carbocycles. The monoisotopic (exact) mass is 357 g/mol. The number of hydrogen-bond acceptors (Lipinski definition) is 1. The smallest absolute Gasteiger partial charge is 0.285 e. The van der Waals surface area contributed by atoms with Crippen LogP contribution >= 0.6 is 0 Å². The molecule has 0 aromatic rings. The molecular weight excluding hydrogens is 345 g/mol. The Hall–Kier alpha value is 0.872. The Morgan fingerprint density at radius 3 is 2.10 bits per heavy atom. The van der Waals surface area contributed by atoms with Crippen LogP contribution in [0.5, 0.6) is 0 Å². The molecule has 0 heterocycles. The summed E-state index contributed by atoms with van der Waals surface area (Å²) >= 11 is 0. The van der Waals surface area contributed by atoms with E-state index < -0.39 is 12.0 Å². The fourth-order valence-corrected chi connectivity index (χ4v) is 0.572. The van der Waals surface area contributed by atoms with Gasteiger partial charge in [0.05, 0.1) is 0 Å². The predicted octanol–water partition coefficient (Wildman–Crippen LogP) is 1.54. The van der Waals surface area contributed by atoms with Crippen molar-refractivity contribution in [2.24, 2.45) is 5.92 Å². The van der Waals surface area contributed by atoms with Crippen LogP contribution in [0.15, 0.2) is 0 Å². The first-order valence-corrected chi connectivity index (χ1v) is 2.98. The summed E-state index contributed by atoms with van der Waals surface area (Å²) in [6.45, 7) is 3.81. The molecule has 0 aliphatic rings. The van der Waals surface area contributed by atoms with Gasteiger partial charge in [0.25, 0.3) is 5.97 Å². The zero-order valence-corrected chi connectivity index (χ0v) is 11.0. The molecule has 10 heavy (non-hydrogen) atoms. The van der Waals surface area contributed by atoms with Gasteiger partial charge in [0.2, 0.25) is 0 Å². The average molecular weight is 357 g/mol. The van der Waals surface area contributed by atoms with Gasteiger partial charge in [-0.15, -0.1) is 0 Å². The topological polar surface area (TPSA) is 61.1 Å². The minimum absolute atomic E-state index is 0. The van der Waals surface area contributed by atoms with Gasteiger partial charge in [-0.05, 0) is 12.0 Å². The number of aliphatic carboxylic acids is 1. The van der Waals surface area contributed by atoms with Crippen LogP contribution < -0.4 is 0 Å². The van der Waals surface area contributed by atoms with Gasteiger partial charge in [0.1, 0.15) is 0 Å². The van der Waals surface area contributed by atoms with Crippen molar-refractivity contribution < 1.29 is 54.0 Å². The van der Waals surface area contributed by atoms with E-state index >= 15 is 0 Å². The van der Waals surface area contributed by atoms with Crippen molar-refractivity contribution in [1.29, 1.82) is 0 Å². The van der Waals surface area contributed by atoms with E-state index in [9.17, 15) is 4.79 Å². The maximum atomic E-state index is 10.0. The van der Waals surface area contributed by atoms with Crippen LogP contribution in [0.4, 0.5) is 0 Å². The van der Waals surface area contributed by atoms with Crippen molar-refractivity contribution in [1.82, 2.24) is 0 Å². The summed E-state index contributed by atoms with van der Waals surface area (Å²) in [5.74, 6) is -0.729. The fourth-order valence-electron chi connectivity index (χ4n) is 0.572. The maximum absolute atomic E-state index is 10.0. The normalized spacial score (nSPS) is 12.4. The Morgan fingerprint density at radius 1 is 1.60 bits per heavy atom. The molecule has 0 bridgehead atoms. The van der Waals surface area contributed by atoms with E-state index in [2.05, 4.69) is 0 Å². The summed E-state index contributed by atoms with van der Waals surface area (Å²) in [7, 11) is 0. The second-order valence-electron chi connectivity index (χ2n) is 2.52. The number of carbonyl (C=O) groups is 1. The van der Waals surface area contributed by atoms with Crippen molar-refractivity contribution >= 4 is 5.97 Å². The third-order valence-electron chi connectivity index (χ3n) is 1.01. The largest absolute Gasteiger partial charge is 0.665 e. The van der Waals surface area contributed by atoms with Crippen LogP contribution in [0.1, 0.15) is 20.3 Å². The van der Waals surface area contributed by atoms with E-state index in [4.69, 9.17) is 10.8 Å². The molecule has 0 spiro atoms. The molecule has 0 fully saturated rings. The third-order valence-corrected chi connectivity index (χ3v) is 1.01. The Bertz CT molecular complexity index is 106. The molecular formula is C6H12AcNO2-. The third kappa shape index (κ3) is 6.98. The first-order chi connectivity index (χ1) is 4.04. The van der Waals surface area contributed by atoms with Gasteiger partial charge in [-0.2, -0.15) is 0 Å². The molecule has 0 rings (SSSR count). The molecule has 0 aliphatic carbocycles. The van der Waals surface area contributed by atoms with Crippen molar-refractivity contribution in [3.8, 4) is 0 Å². The van der Waals surface area contributed by atoms with E-state index in [0.29, 0.717) is 12.3 Å². The summed E-state index contributed by atoms with van der Waals surface area (Å²) in [4.78, 5) is 10.0. The fraction of sp³-hybridized carbons (Fsp3) is 0.833. The van der Waals surface area contributed by atoms with Crippen LogP contribution in [-0.4, -0.2) is 17.1 Å². The van der Waals surface area contributed by atoms with Gasteiger partial charge in [-0.25, -0.2) is 0 Å². The SMILES string of the molecule is CC(C)CC([NH-])C(=O)O.[Ac]. The maximum Gasteiger partial charge on any atom is 0.285 e. The van der Waals surface area contributed by atoms with E-state index in [1.807, 2.05) is 13.8 Å². The van der Waals surface area contributed by atoms with E-state index in [0.717, 1.165) is 0 Å². The second kappa shape index (κ2) is 6.57. The van der Waals surface area contributed by atoms with Crippen molar-refractivity contribution in [3.63, 3.8) is 0 Å². The van der Waals surface area contributed by atoms with Gasteiger partial charge >= 0.3 is 0 Å². The number of rotatable bonds is 3. The molecule has 2 N–H and O–H groups in total. The molecule has 0 amide bonds. The number of hydrogen-bond donors (Lipinski definition) is 1. The summed E-state index contributed by atoms with van der Waals surface area (Å²) in [6.07, 6.45) is 0.440. The molecule has 0 aromatic heterocycles. The van der Waals surface area contributed by atoms with Crippen LogP contribution in [0.25, 0.3) is 5.73 Å². The van der Waals surface area contributed by atoms with Crippen LogP contribution in [-0.2, 0) is 4.79 Å². The number of carboxylic acids is 1. The summed E-state index contributed by atoms with van der Waals surface area (Å²) in [6, 6.07) is -0.940. The summed E-state index contributed by atoms with van der Waals surface area (Å²) < 4.78 is 0. The molecule has 4 heteroatoms. The standard InChI is InChI=1S/C6H12NO2.Ac/c1-4(2)3-5(7)6(8)9;/h4-5,7H,3H2,1-2H3,(H,8,9);/q-1;. The van der Waals surface area contributed by atoms with Crippen molar-refractivity contribution in [2.75, 3.05) is 0 Å². The number of nitrogens with one attached hydrogen (secondary N) is 1. The molecule has 0 saturated heterocycles. The second-order valence-corrected chi connectivity index (χ2v) is 2.52. The van der Waals surface area contributed by atoms with Crippen LogP contribution in [0.3, 0.4) is 0 Å². The summed E-state index contributed by atoms with van der Waals surface area (Å²) in [5, 5.41) is 8.24. The van der Waals surface area contributed by atoms with Gasteiger partial charge in [-0.1, -0.05) is 20.3 Å². The molecule has 0 aliphatic heterocycles. The Morgan fingerprint density at radius 2 is 2.00 bits per heavy atom.